The normalized spacial score (nSPS) is 11.7. The lowest BCUT2D eigenvalue weighted by molar-refractivity contribution is 0.481. The second-order valence-electron chi connectivity index (χ2n) is 5.96. The summed E-state index contributed by atoms with van der Waals surface area (Å²) < 4.78 is 6.04. The van der Waals surface area contributed by atoms with Crippen LogP contribution in [0, 0.1) is 5.92 Å². The molecule has 1 heterocycles. The van der Waals surface area contributed by atoms with Gasteiger partial charge in [-0.05, 0) is 43.0 Å². The summed E-state index contributed by atoms with van der Waals surface area (Å²) in [7, 11) is 0. The maximum atomic E-state index is 6.04. The minimum atomic E-state index is 0.667. The minimum Gasteiger partial charge on any atom is -0.459 e. The van der Waals surface area contributed by atoms with E-state index in [0.717, 1.165) is 37.3 Å². The van der Waals surface area contributed by atoms with Crippen LogP contribution in [0.5, 0.6) is 0 Å². The van der Waals surface area contributed by atoms with E-state index in [-0.39, 0.29) is 0 Å². The zero-order valence-electron chi connectivity index (χ0n) is 13.3. The van der Waals surface area contributed by atoms with E-state index in [0.29, 0.717) is 5.92 Å². The van der Waals surface area contributed by atoms with Crippen molar-refractivity contribution < 1.29 is 4.42 Å². The van der Waals surface area contributed by atoms with Crippen molar-refractivity contribution in [3.05, 3.63) is 35.1 Å². The molecule has 0 saturated carbocycles. The van der Waals surface area contributed by atoms with Crippen molar-refractivity contribution in [3.63, 3.8) is 0 Å². The van der Waals surface area contributed by atoms with Gasteiger partial charge in [0.1, 0.15) is 11.3 Å². The highest BCUT2D eigenvalue weighted by molar-refractivity contribution is 5.83. The van der Waals surface area contributed by atoms with Crippen LogP contribution in [0.25, 0.3) is 11.0 Å². The van der Waals surface area contributed by atoms with Gasteiger partial charge < -0.3 is 9.73 Å². The molecule has 110 valence electrons. The number of furan rings is 1. The lowest BCUT2D eigenvalue weighted by atomic mass is 10.0. The van der Waals surface area contributed by atoms with E-state index in [1.807, 2.05) is 0 Å². The largest absolute Gasteiger partial charge is 0.459 e. The number of benzene rings is 1. The van der Waals surface area contributed by atoms with Crippen LogP contribution in [0.15, 0.2) is 22.6 Å². The predicted octanol–water partition coefficient (Wildman–Crippen LogP) is 4.69. The fraction of sp³-hybridized carbons (Fsp3) is 0.556. The topological polar surface area (TPSA) is 25.2 Å². The van der Waals surface area contributed by atoms with Crippen LogP contribution >= 0.6 is 0 Å². The summed E-state index contributed by atoms with van der Waals surface area (Å²) in [5.41, 5.74) is 3.81. The molecular formula is C18H27NO. The van der Waals surface area contributed by atoms with E-state index in [2.05, 4.69) is 51.2 Å². The van der Waals surface area contributed by atoms with Gasteiger partial charge in [0, 0.05) is 10.9 Å². The molecule has 20 heavy (non-hydrogen) atoms. The molecule has 0 radical (unpaired) electrons. The number of aryl methyl sites for hydroxylation is 2. The standard InChI is InChI=1S/C18H27NO/c1-5-7-14-8-9-17-16(10-14)15(6-2)18(20-17)12-19-11-13(3)4/h8-10,13,19H,5-7,11-12H2,1-4H3. The smallest absolute Gasteiger partial charge is 0.134 e. The second kappa shape index (κ2) is 6.94. The van der Waals surface area contributed by atoms with Crippen LogP contribution in [-0.2, 0) is 19.4 Å². The van der Waals surface area contributed by atoms with Crippen LogP contribution in [0.2, 0.25) is 0 Å². The Morgan fingerprint density at radius 2 is 2.00 bits per heavy atom. The first-order valence-corrected chi connectivity index (χ1v) is 7.89. The molecule has 1 N–H and O–H groups in total. The van der Waals surface area contributed by atoms with Gasteiger partial charge in [0.05, 0.1) is 6.54 Å². The van der Waals surface area contributed by atoms with Crippen molar-refractivity contribution in [2.24, 2.45) is 5.92 Å². The monoisotopic (exact) mass is 273 g/mol. The third-order valence-corrected chi connectivity index (χ3v) is 3.67. The average Bonchev–Trinajstić information content (AvgIpc) is 2.75. The zero-order chi connectivity index (χ0) is 14.5. The first kappa shape index (κ1) is 15.1. The predicted molar refractivity (Wildman–Crippen MR) is 86.1 cm³/mol. The van der Waals surface area contributed by atoms with Crippen LogP contribution in [0.1, 0.15) is 51.0 Å². The molecule has 0 bridgehead atoms. The van der Waals surface area contributed by atoms with Crippen LogP contribution in [0.3, 0.4) is 0 Å². The molecule has 0 spiro atoms. The Labute approximate surface area is 122 Å². The summed E-state index contributed by atoms with van der Waals surface area (Å²) in [6, 6.07) is 6.64. The highest BCUT2D eigenvalue weighted by Crippen LogP contribution is 2.28. The van der Waals surface area contributed by atoms with Gasteiger partial charge in [-0.25, -0.2) is 0 Å². The first-order chi connectivity index (χ1) is 9.65. The molecule has 2 rings (SSSR count). The van der Waals surface area contributed by atoms with Crippen LogP contribution in [-0.4, -0.2) is 6.54 Å². The molecule has 2 aromatic rings. The summed E-state index contributed by atoms with van der Waals surface area (Å²) in [5.74, 6) is 1.78. The molecule has 0 aliphatic carbocycles. The van der Waals surface area contributed by atoms with Gasteiger partial charge in [-0.15, -0.1) is 0 Å². The van der Waals surface area contributed by atoms with Gasteiger partial charge in [0.25, 0.3) is 0 Å². The minimum absolute atomic E-state index is 0.667. The lowest BCUT2D eigenvalue weighted by Gasteiger charge is -2.06. The van der Waals surface area contributed by atoms with E-state index in [9.17, 15) is 0 Å². The van der Waals surface area contributed by atoms with E-state index in [4.69, 9.17) is 4.42 Å². The van der Waals surface area contributed by atoms with Crippen molar-refractivity contribution in [2.75, 3.05) is 6.54 Å². The summed E-state index contributed by atoms with van der Waals surface area (Å²) >= 11 is 0. The quantitative estimate of drug-likeness (QED) is 0.791. The Morgan fingerprint density at radius 3 is 2.65 bits per heavy atom. The van der Waals surface area contributed by atoms with E-state index in [1.165, 1.54) is 22.9 Å². The lowest BCUT2D eigenvalue weighted by Crippen LogP contribution is -2.19. The van der Waals surface area contributed by atoms with Crippen LogP contribution in [0.4, 0.5) is 0 Å². The second-order valence-corrected chi connectivity index (χ2v) is 5.96. The molecular weight excluding hydrogens is 246 g/mol. The Balaban J connectivity index is 2.26. The fourth-order valence-corrected chi connectivity index (χ4v) is 2.70. The molecule has 0 atom stereocenters. The molecule has 0 saturated heterocycles. The Hall–Kier alpha value is -1.28. The SMILES string of the molecule is CCCc1ccc2oc(CNCC(C)C)c(CC)c2c1. The first-order valence-electron chi connectivity index (χ1n) is 7.89. The van der Waals surface area contributed by atoms with Gasteiger partial charge in [-0.3, -0.25) is 0 Å². The van der Waals surface area contributed by atoms with E-state index < -0.39 is 0 Å². The molecule has 2 heteroatoms. The highest BCUT2D eigenvalue weighted by atomic mass is 16.3. The van der Waals surface area contributed by atoms with Gasteiger partial charge in [-0.1, -0.05) is 40.2 Å². The Bertz CT molecular complexity index is 554. The molecule has 0 fully saturated rings. The molecule has 0 aliphatic rings. The molecule has 0 unspecified atom stereocenters. The van der Waals surface area contributed by atoms with Gasteiger partial charge in [0.15, 0.2) is 0 Å². The number of hydrogen-bond acceptors (Lipinski definition) is 2. The van der Waals surface area contributed by atoms with Crippen molar-refractivity contribution in [1.29, 1.82) is 0 Å². The summed E-state index contributed by atoms with van der Waals surface area (Å²) in [6.07, 6.45) is 3.36. The summed E-state index contributed by atoms with van der Waals surface area (Å²) in [6.45, 7) is 10.7. The van der Waals surface area contributed by atoms with Gasteiger partial charge >= 0.3 is 0 Å². The molecule has 0 aliphatic heterocycles. The number of nitrogens with one attached hydrogen (secondary N) is 1. The fourth-order valence-electron chi connectivity index (χ4n) is 2.70. The zero-order valence-corrected chi connectivity index (χ0v) is 13.3. The third kappa shape index (κ3) is 3.43. The third-order valence-electron chi connectivity index (χ3n) is 3.67. The number of hydrogen-bond donors (Lipinski definition) is 1. The van der Waals surface area contributed by atoms with Gasteiger partial charge in [0.2, 0.25) is 0 Å². The molecule has 0 amide bonds. The van der Waals surface area contributed by atoms with Crippen molar-refractivity contribution in [3.8, 4) is 0 Å². The number of fused-ring (bicyclic) bond motifs is 1. The summed E-state index contributed by atoms with van der Waals surface area (Å²) in [4.78, 5) is 0. The number of rotatable bonds is 7. The van der Waals surface area contributed by atoms with E-state index >= 15 is 0 Å². The van der Waals surface area contributed by atoms with Crippen molar-refractivity contribution in [1.82, 2.24) is 5.32 Å². The maximum absolute atomic E-state index is 6.04. The van der Waals surface area contributed by atoms with Crippen molar-refractivity contribution >= 4 is 11.0 Å². The summed E-state index contributed by atoms with van der Waals surface area (Å²) in [5, 5.41) is 4.79. The van der Waals surface area contributed by atoms with Gasteiger partial charge in [-0.2, -0.15) is 0 Å². The Morgan fingerprint density at radius 1 is 1.20 bits per heavy atom. The molecule has 1 aromatic carbocycles. The Kier molecular flexibility index (Phi) is 5.24. The highest BCUT2D eigenvalue weighted by Gasteiger charge is 2.12. The average molecular weight is 273 g/mol. The van der Waals surface area contributed by atoms with E-state index in [1.54, 1.807) is 0 Å². The van der Waals surface area contributed by atoms with Crippen molar-refractivity contribution in [2.45, 2.75) is 53.5 Å². The maximum Gasteiger partial charge on any atom is 0.134 e. The molecule has 2 nitrogen and oxygen atoms in total. The molecule has 1 aromatic heterocycles. The van der Waals surface area contributed by atoms with Crippen LogP contribution < -0.4 is 5.32 Å².